The van der Waals surface area contributed by atoms with Crippen LogP contribution in [0.15, 0.2) is 42.7 Å². The van der Waals surface area contributed by atoms with Gasteiger partial charge in [0.2, 0.25) is 0 Å². The summed E-state index contributed by atoms with van der Waals surface area (Å²) in [7, 11) is 0. The minimum Gasteiger partial charge on any atom is -0.368 e. The van der Waals surface area contributed by atoms with Gasteiger partial charge in [-0.2, -0.15) is 0 Å². The number of rotatable bonds is 5. The van der Waals surface area contributed by atoms with Crippen LogP contribution >= 0.6 is 0 Å². The summed E-state index contributed by atoms with van der Waals surface area (Å²) >= 11 is 0. The van der Waals surface area contributed by atoms with Crippen LogP contribution in [0, 0.1) is 5.92 Å². The van der Waals surface area contributed by atoms with E-state index >= 15 is 0 Å². The van der Waals surface area contributed by atoms with Gasteiger partial charge in [0, 0.05) is 25.2 Å². The van der Waals surface area contributed by atoms with E-state index in [9.17, 15) is 0 Å². The van der Waals surface area contributed by atoms with Gasteiger partial charge in [-0.15, -0.1) is 0 Å². The van der Waals surface area contributed by atoms with E-state index in [2.05, 4.69) is 70.4 Å². The molecule has 1 fully saturated rings. The highest BCUT2D eigenvalue weighted by Crippen LogP contribution is 2.25. The number of benzene rings is 1. The summed E-state index contributed by atoms with van der Waals surface area (Å²) in [4.78, 5) is 11.1. The van der Waals surface area contributed by atoms with Gasteiger partial charge < -0.3 is 10.2 Å². The van der Waals surface area contributed by atoms with Crippen molar-refractivity contribution in [3.05, 3.63) is 48.3 Å². The van der Waals surface area contributed by atoms with Crippen molar-refractivity contribution in [2.45, 2.75) is 39.2 Å². The number of aromatic nitrogens is 2. The second-order valence-electron chi connectivity index (χ2n) is 6.68. The van der Waals surface area contributed by atoms with Crippen LogP contribution in [0.5, 0.6) is 0 Å². The molecule has 0 saturated carbocycles. The van der Waals surface area contributed by atoms with E-state index in [1.807, 2.05) is 0 Å². The molecule has 4 nitrogen and oxygen atoms in total. The molecule has 1 aliphatic rings. The standard InChI is InChI=1S/C19H26N4/c1-15(2)22-18-13-19(21-14-20-18)23-10-8-17(9-11-23)12-16-6-4-3-5-7-16/h3-7,13-15,17H,8-12H2,1-2H3,(H,20,21,22). The molecule has 0 amide bonds. The fourth-order valence-electron chi connectivity index (χ4n) is 3.21. The molecule has 1 aliphatic heterocycles. The van der Waals surface area contributed by atoms with Crippen LogP contribution in [0.25, 0.3) is 0 Å². The first kappa shape index (κ1) is 15.8. The van der Waals surface area contributed by atoms with Crippen LogP contribution in [-0.2, 0) is 6.42 Å². The van der Waals surface area contributed by atoms with Crippen LogP contribution in [0.1, 0.15) is 32.3 Å². The summed E-state index contributed by atoms with van der Waals surface area (Å²) in [5.74, 6) is 2.74. The van der Waals surface area contributed by atoms with Crippen molar-refractivity contribution in [2.75, 3.05) is 23.3 Å². The highest BCUT2D eigenvalue weighted by molar-refractivity contribution is 5.49. The first-order valence-electron chi connectivity index (χ1n) is 8.58. The molecule has 0 unspecified atom stereocenters. The van der Waals surface area contributed by atoms with Gasteiger partial charge in [-0.05, 0) is 44.6 Å². The van der Waals surface area contributed by atoms with Crippen LogP contribution in [-0.4, -0.2) is 29.1 Å². The summed E-state index contributed by atoms with van der Waals surface area (Å²) in [6.07, 6.45) is 5.31. The Morgan fingerprint density at radius 3 is 2.57 bits per heavy atom. The Bertz CT molecular complexity index is 604. The molecule has 0 radical (unpaired) electrons. The van der Waals surface area contributed by atoms with Gasteiger partial charge >= 0.3 is 0 Å². The third kappa shape index (κ3) is 4.44. The SMILES string of the molecule is CC(C)Nc1cc(N2CCC(Cc3ccccc3)CC2)ncn1. The van der Waals surface area contributed by atoms with Crippen molar-refractivity contribution >= 4 is 11.6 Å². The van der Waals surface area contributed by atoms with Crippen molar-refractivity contribution < 1.29 is 0 Å². The largest absolute Gasteiger partial charge is 0.368 e. The summed E-state index contributed by atoms with van der Waals surface area (Å²) in [5.41, 5.74) is 1.46. The Morgan fingerprint density at radius 1 is 1.13 bits per heavy atom. The lowest BCUT2D eigenvalue weighted by Gasteiger charge is -2.33. The number of anilines is 2. The summed E-state index contributed by atoms with van der Waals surface area (Å²) in [6, 6.07) is 13.3. The van der Waals surface area contributed by atoms with E-state index < -0.39 is 0 Å². The van der Waals surface area contributed by atoms with Gasteiger partial charge in [-0.3, -0.25) is 0 Å². The van der Waals surface area contributed by atoms with Gasteiger partial charge in [-0.25, -0.2) is 9.97 Å². The van der Waals surface area contributed by atoms with Crippen LogP contribution in [0.4, 0.5) is 11.6 Å². The molecular weight excluding hydrogens is 284 g/mol. The lowest BCUT2D eigenvalue weighted by Crippen LogP contribution is -2.35. The quantitative estimate of drug-likeness (QED) is 0.913. The first-order chi connectivity index (χ1) is 11.2. The number of nitrogens with one attached hydrogen (secondary N) is 1. The van der Waals surface area contributed by atoms with E-state index in [-0.39, 0.29) is 0 Å². The molecule has 0 spiro atoms. The molecule has 1 aromatic carbocycles. The molecule has 122 valence electrons. The van der Waals surface area contributed by atoms with Gasteiger partial charge in [0.1, 0.15) is 18.0 Å². The van der Waals surface area contributed by atoms with Crippen LogP contribution in [0.2, 0.25) is 0 Å². The molecule has 4 heteroatoms. The number of piperidine rings is 1. The lowest BCUT2D eigenvalue weighted by molar-refractivity contribution is 0.402. The van der Waals surface area contributed by atoms with Crippen molar-refractivity contribution in [2.24, 2.45) is 5.92 Å². The average molecular weight is 310 g/mol. The molecule has 23 heavy (non-hydrogen) atoms. The summed E-state index contributed by atoms with van der Waals surface area (Å²) in [5, 5.41) is 3.35. The zero-order valence-corrected chi connectivity index (χ0v) is 14.1. The monoisotopic (exact) mass is 310 g/mol. The predicted molar refractivity (Wildman–Crippen MR) is 95.9 cm³/mol. The van der Waals surface area contributed by atoms with Crippen molar-refractivity contribution in [1.82, 2.24) is 9.97 Å². The number of nitrogens with zero attached hydrogens (tertiary/aromatic N) is 3. The van der Waals surface area contributed by atoms with Crippen molar-refractivity contribution in [3.63, 3.8) is 0 Å². The lowest BCUT2D eigenvalue weighted by atomic mass is 9.90. The number of hydrogen-bond donors (Lipinski definition) is 1. The Morgan fingerprint density at radius 2 is 1.87 bits per heavy atom. The predicted octanol–water partition coefficient (Wildman–Crippen LogP) is 3.76. The average Bonchev–Trinajstić information content (AvgIpc) is 2.56. The minimum absolute atomic E-state index is 0.384. The van der Waals surface area contributed by atoms with E-state index in [1.165, 1.54) is 24.8 Å². The Labute approximate surface area is 139 Å². The molecule has 0 aliphatic carbocycles. The molecule has 1 N–H and O–H groups in total. The second kappa shape index (κ2) is 7.44. The minimum atomic E-state index is 0.384. The van der Waals surface area contributed by atoms with Gasteiger partial charge in [0.25, 0.3) is 0 Å². The fraction of sp³-hybridized carbons (Fsp3) is 0.474. The highest BCUT2D eigenvalue weighted by Gasteiger charge is 2.20. The summed E-state index contributed by atoms with van der Waals surface area (Å²) in [6.45, 7) is 6.40. The van der Waals surface area contributed by atoms with E-state index in [1.54, 1.807) is 6.33 Å². The molecule has 0 bridgehead atoms. The fourth-order valence-corrected chi connectivity index (χ4v) is 3.21. The Balaban J connectivity index is 1.56. The third-order valence-corrected chi connectivity index (χ3v) is 4.39. The zero-order chi connectivity index (χ0) is 16.1. The number of hydrogen-bond acceptors (Lipinski definition) is 4. The highest BCUT2D eigenvalue weighted by atomic mass is 15.2. The molecule has 3 rings (SSSR count). The molecular formula is C19H26N4. The molecule has 2 aromatic rings. The molecule has 1 aromatic heterocycles. The molecule has 2 heterocycles. The van der Waals surface area contributed by atoms with Crippen molar-refractivity contribution in [3.8, 4) is 0 Å². The third-order valence-electron chi connectivity index (χ3n) is 4.39. The van der Waals surface area contributed by atoms with Crippen LogP contribution in [0.3, 0.4) is 0 Å². The van der Waals surface area contributed by atoms with E-state index in [0.717, 1.165) is 30.6 Å². The molecule has 1 saturated heterocycles. The first-order valence-corrected chi connectivity index (χ1v) is 8.58. The summed E-state index contributed by atoms with van der Waals surface area (Å²) < 4.78 is 0. The zero-order valence-electron chi connectivity index (χ0n) is 14.1. The Kier molecular flexibility index (Phi) is 5.11. The smallest absolute Gasteiger partial charge is 0.134 e. The van der Waals surface area contributed by atoms with Crippen LogP contribution < -0.4 is 10.2 Å². The maximum Gasteiger partial charge on any atom is 0.134 e. The van der Waals surface area contributed by atoms with Gasteiger partial charge in [0.15, 0.2) is 0 Å². The van der Waals surface area contributed by atoms with E-state index in [4.69, 9.17) is 0 Å². The van der Waals surface area contributed by atoms with E-state index in [0.29, 0.717) is 6.04 Å². The van der Waals surface area contributed by atoms with Gasteiger partial charge in [0.05, 0.1) is 0 Å². The Hall–Kier alpha value is -2.10. The topological polar surface area (TPSA) is 41.0 Å². The van der Waals surface area contributed by atoms with Gasteiger partial charge in [-0.1, -0.05) is 30.3 Å². The normalized spacial score (nSPS) is 15.9. The molecule has 0 atom stereocenters. The maximum atomic E-state index is 4.45. The second-order valence-corrected chi connectivity index (χ2v) is 6.68. The van der Waals surface area contributed by atoms with Crippen molar-refractivity contribution in [1.29, 1.82) is 0 Å². The maximum absolute atomic E-state index is 4.45.